The topological polar surface area (TPSA) is 68.5 Å². The van der Waals surface area contributed by atoms with E-state index < -0.39 is 5.91 Å². The molecule has 2 aromatic rings. The maximum absolute atomic E-state index is 12.5. The largest absolute Gasteiger partial charge is 0.469 e. The number of ether oxygens (including phenoxy) is 1. The highest BCUT2D eigenvalue weighted by molar-refractivity contribution is 6.35. The van der Waals surface area contributed by atoms with Crippen molar-refractivity contribution in [3.05, 3.63) is 81.7 Å². The number of halogens is 2. The molecule has 0 bridgehead atoms. The molecule has 5 nitrogen and oxygen atoms in total. The molecule has 0 unspecified atom stereocenters. The number of allylic oxidation sites excluding steroid dienone is 4. The Balaban J connectivity index is 1.74. The summed E-state index contributed by atoms with van der Waals surface area (Å²) in [5, 5.41) is 3.74. The fourth-order valence-corrected chi connectivity index (χ4v) is 3.19. The smallest absolute Gasteiger partial charge is 0.309 e. The second kappa shape index (κ2) is 8.95. The maximum atomic E-state index is 12.5. The van der Waals surface area contributed by atoms with Gasteiger partial charge in [0.1, 0.15) is 5.76 Å². The van der Waals surface area contributed by atoms with Crippen molar-refractivity contribution in [2.24, 2.45) is 0 Å². The van der Waals surface area contributed by atoms with Crippen molar-refractivity contribution in [2.45, 2.75) is 12.8 Å². The lowest BCUT2D eigenvalue weighted by Gasteiger charge is -2.06. The summed E-state index contributed by atoms with van der Waals surface area (Å²) >= 11 is 12.0. The van der Waals surface area contributed by atoms with Crippen molar-refractivity contribution in [1.82, 2.24) is 5.32 Å². The highest BCUT2D eigenvalue weighted by atomic mass is 35.5. The highest BCUT2D eigenvalue weighted by Gasteiger charge is 2.15. The first-order valence-electron chi connectivity index (χ1n) is 8.46. The summed E-state index contributed by atoms with van der Waals surface area (Å²) in [5.41, 5.74) is 2.00. The zero-order valence-corrected chi connectivity index (χ0v) is 16.5. The van der Waals surface area contributed by atoms with Crippen LogP contribution in [0.5, 0.6) is 0 Å². The Bertz CT molecular complexity index is 981. The average Bonchev–Trinajstić information content (AvgIpc) is 3.04. The van der Waals surface area contributed by atoms with E-state index in [4.69, 9.17) is 27.6 Å². The number of amides is 1. The van der Waals surface area contributed by atoms with E-state index in [-0.39, 0.29) is 18.2 Å². The van der Waals surface area contributed by atoms with Crippen LogP contribution >= 0.6 is 23.2 Å². The van der Waals surface area contributed by atoms with Crippen molar-refractivity contribution in [2.75, 3.05) is 7.11 Å². The molecule has 1 N–H and O–H groups in total. The van der Waals surface area contributed by atoms with Gasteiger partial charge in [0, 0.05) is 21.3 Å². The van der Waals surface area contributed by atoms with Crippen LogP contribution in [-0.2, 0) is 9.53 Å². The van der Waals surface area contributed by atoms with E-state index in [2.05, 4.69) is 10.1 Å². The lowest BCUT2D eigenvalue weighted by atomic mass is 10.1. The summed E-state index contributed by atoms with van der Waals surface area (Å²) in [4.78, 5) is 24.0. The first kappa shape index (κ1) is 20.0. The molecule has 0 atom stereocenters. The van der Waals surface area contributed by atoms with E-state index in [0.717, 1.165) is 5.57 Å². The molecule has 28 heavy (non-hydrogen) atoms. The number of rotatable bonds is 5. The van der Waals surface area contributed by atoms with E-state index in [1.165, 1.54) is 7.11 Å². The second-order valence-electron chi connectivity index (χ2n) is 6.05. The first-order chi connectivity index (χ1) is 13.4. The van der Waals surface area contributed by atoms with Gasteiger partial charge in [0.15, 0.2) is 5.76 Å². The van der Waals surface area contributed by atoms with Crippen LogP contribution in [-0.4, -0.2) is 19.0 Å². The molecule has 0 saturated heterocycles. The molecule has 1 aliphatic rings. The van der Waals surface area contributed by atoms with Crippen molar-refractivity contribution >= 4 is 35.1 Å². The Hall–Kier alpha value is -2.76. The van der Waals surface area contributed by atoms with Crippen molar-refractivity contribution in [3.8, 4) is 11.3 Å². The minimum Gasteiger partial charge on any atom is -0.469 e. The number of furan rings is 1. The van der Waals surface area contributed by atoms with Crippen molar-refractivity contribution in [1.29, 1.82) is 0 Å². The van der Waals surface area contributed by atoms with E-state index in [1.54, 1.807) is 36.4 Å². The van der Waals surface area contributed by atoms with Crippen LogP contribution in [0.25, 0.3) is 11.3 Å². The van der Waals surface area contributed by atoms with Gasteiger partial charge in [-0.2, -0.15) is 0 Å². The SMILES string of the molecule is COC(=O)CC1=CC(NC(=O)c2ccc(-c3cc(Cl)cc(Cl)c3)o2)=CCC=C1. The predicted molar refractivity (Wildman–Crippen MR) is 108 cm³/mol. The Kier molecular flexibility index (Phi) is 6.39. The first-order valence-corrected chi connectivity index (χ1v) is 9.22. The molecule has 7 heteroatoms. The third kappa shape index (κ3) is 5.15. The van der Waals surface area contributed by atoms with Gasteiger partial charge >= 0.3 is 5.97 Å². The van der Waals surface area contributed by atoms with E-state index in [9.17, 15) is 9.59 Å². The number of benzene rings is 1. The quantitative estimate of drug-likeness (QED) is 0.668. The summed E-state index contributed by atoms with van der Waals surface area (Å²) < 4.78 is 10.3. The molecule has 1 aliphatic carbocycles. The van der Waals surface area contributed by atoms with Crippen LogP contribution in [0.4, 0.5) is 0 Å². The fraction of sp³-hybridized carbons (Fsp3) is 0.143. The molecule has 0 fully saturated rings. The molecule has 3 rings (SSSR count). The second-order valence-corrected chi connectivity index (χ2v) is 6.92. The molecule has 1 aromatic heterocycles. The normalized spacial score (nSPS) is 13.4. The van der Waals surface area contributed by atoms with Gasteiger partial charge in [-0.3, -0.25) is 9.59 Å². The Morgan fingerprint density at radius 3 is 2.64 bits per heavy atom. The summed E-state index contributed by atoms with van der Waals surface area (Å²) in [6.45, 7) is 0. The monoisotopic (exact) mass is 417 g/mol. The molecule has 1 aromatic carbocycles. The number of hydrogen-bond acceptors (Lipinski definition) is 4. The lowest BCUT2D eigenvalue weighted by molar-refractivity contribution is -0.139. The minimum absolute atomic E-state index is 0.126. The summed E-state index contributed by atoms with van der Waals surface area (Å²) in [6.07, 6.45) is 8.07. The Morgan fingerprint density at radius 2 is 1.93 bits per heavy atom. The number of carbonyl (C=O) groups is 2. The molecular formula is C21H17Cl2NO4. The van der Waals surface area contributed by atoms with Crippen LogP contribution in [0.3, 0.4) is 0 Å². The van der Waals surface area contributed by atoms with Gasteiger partial charge in [-0.1, -0.05) is 41.4 Å². The number of hydrogen-bond donors (Lipinski definition) is 1. The maximum Gasteiger partial charge on any atom is 0.309 e. The molecule has 144 valence electrons. The number of methoxy groups -OCH3 is 1. The number of nitrogens with one attached hydrogen (secondary N) is 1. The average molecular weight is 418 g/mol. The molecule has 1 amide bonds. The molecule has 0 saturated carbocycles. The van der Waals surface area contributed by atoms with Gasteiger partial charge in [-0.05, 0) is 48.4 Å². The standard InChI is InChI=1S/C21H17Cl2NO4/c1-27-20(25)9-13-4-2-3-5-17(8-13)24-21(26)19-7-6-18(28-19)14-10-15(22)12-16(23)11-14/h2,4-8,10-12H,3,9H2,1H3,(H,24,26). The molecule has 0 radical (unpaired) electrons. The van der Waals surface area contributed by atoms with Gasteiger partial charge in [-0.25, -0.2) is 0 Å². The van der Waals surface area contributed by atoms with Gasteiger partial charge < -0.3 is 14.5 Å². The molecule has 0 spiro atoms. The predicted octanol–water partition coefficient (Wildman–Crippen LogP) is 5.32. The van der Waals surface area contributed by atoms with Gasteiger partial charge in [-0.15, -0.1) is 0 Å². The number of esters is 1. The van der Waals surface area contributed by atoms with Crippen LogP contribution in [0.1, 0.15) is 23.4 Å². The minimum atomic E-state index is -0.402. The lowest BCUT2D eigenvalue weighted by Crippen LogP contribution is -2.21. The fourth-order valence-electron chi connectivity index (χ4n) is 2.66. The van der Waals surface area contributed by atoms with Crippen LogP contribution in [0, 0.1) is 0 Å². The molecular weight excluding hydrogens is 401 g/mol. The van der Waals surface area contributed by atoms with E-state index in [0.29, 0.717) is 33.5 Å². The zero-order valence-electron chi connectivity index (χ0n) is 15.0. The summed E-state index contributed by atoms with van der Waals surface area (Å²) in [5.74, 6) is -0.124. The van der Waals surface area contributed by atoms with Gasteiger partial charge in [0.25, 0.3) is 5.91 Å². The van der Waals surface area contributed by atoms with Crippen molar-refractivity contribution < 1.29 is 18.7 Å². The van der Waals surface area contributed by atoms with Crippen LogP contribution < -0.4 is 5.32 Å². The Labute approximate surface area is 172 Å². The third-order valence-corrected chi connectivity index (χ3v) is 4.39. The summed E-state index contributed by atoms with van der Waals surface area (Å²) in [6, 6.07) is 8.28. The molecule has 0 aliphatic heterocycles. The third-order valence-electron chi connectivity index (χ3n) is 3.96. The van der Waals surface area contributed by atoms with Crippen molar-refractivity contribution in [3.63, 3.8) is 0 Å². The van der Waals surface area contributed by atoms with E-state index >= 15 is 0 Å². The van der Waals surface area contributed by atoms with Crippen LogP contribution in [0.2, 0.25) is 10.0 Å². The highest BCUT2D eigenvalue weighted by Crippen LogP contribution is 2.28. The number of carbonyl (C=O) groups excluding carboxylic acids is 2. The van der Waals surface area contributed by atoms with Gasteiger partial charge in [0.2, 0.25) is 0 Å². The van der Waals surface area contributed by atoms with E-state index in [1.807, 2.05) is 18.2 Å². The zero-order chi connectivity index (χ0) is 20.1. The molecule has 1 heterocycles. The van der Waals surface area contributed by atoms with Crippen LogP contribution in [0.15, 0.2) is 70.3 Å². The van der Waals surface area contributed by atoms with Gasteiger partial charge in [0.05, 0.1) is 13.5 Å². The Morgan fingerprint density at radius 1 is 1.18 bits per heavy atom. The summed E-state index contributed by atoms with van der Waals surface area (Å²) in [7, 11) is 1.34.